The third kappa shape index (κ3) is 3.19. The molecular formula is C13H26N2O2. The molecule has 1 amide bonds. The normalized spacial score (nSPS) is 19.3. The highest BCUT2D eigenvalue weighted by Crippen LogP contribution is 2.30. The summed E-state index contributed by atoms with van der Waals surface area (Å²) in [6, 6.07) is 0. The number of hydrogen-bond acceptors (Lipinski definition) is 3. The van der Waals surface area contributed by atoms with E-state index in [2.05, 4.69) is 5.32 Å². The molecule has 1 aliphatic rings. The molecule has 1 fully saturated rings. The molecule has 100 valence electrons. The highest BCUT2D eigenvalue weighted by Gasteiger charge is 2.36. The first-order chi connectivity index (χ1) is 8.02. The molecule has 0 atom stereocenters. The van der Waals surface area contributed by atoms with Gasteiger partial charge in [-0.15, -0.1) is 0 Å². The van der Waals surface area contributed by atoms with E-state index < -0.39 is 11.0 Å². The first kappa shape index (κ1) is 14.5. The standard InChI is InChI=1S/C13H26N2O2/c1-3-12(4-2,9-14)11(16)15-10-13(17)7-5-6-8-13/h17H,3-10,14H2,1-2H3,(H,15,16). The summed E-state index contributed by atoms with van der Waals surface area (Å²) >= 11 is 0. The predicted molar refractivity (Wildman–Crippen MR) is 68.5 cm³/mol. The van der Waals surface area contributed by atoms with Crippen molar-refractivity contribution in [2.24, 2.45) is 11.1 Å². The number of hydrogen-bond donors (Lipinski definition) is 3. The number of amides is 1. The van der Waals surface area contributed by atoms with Crippen molar-refractivity contribution < 1.29 is 9.90 Å². The van der Waals surface area contributed by atoms with Crippen molar-refractivity contribution in [2.75, 3.05) is 13.1 Å². The second-order valence-electron chi connectivity index (χ2n) is 5.31. The first-order valence-electron chi connectivity index (χ1n) is 6.73. The van der Waals surface area contributed by atoms with Gasteiger partial charge in [0, 0.05) is 13.1 Å². The van der Waals surface area contributed by atoms with Gasteiger partial charge in [-0.2, -0.15) is 0 Å². The minimum Gasteiger partial charge on any atom is -0.388 e. The van der Waals surface area contributed by atoms with E-state index in [1.54, 1.807) is 0 Å². The van der Waals surface area contributed by atoms with E-state index in [4.69, 9.17) is 5.73 Å². The highest BCUT2D eigenvalue weighted by molar-refractivity contribution is 5.82. The monoisotopic (exact) mass is 242 g/mol. The maximum absolute atomic E-state index is 12.2. The van der Waals surface area contributed by atoms with Gasteiger partial charge in [-0.3, -0.25) is 4.79 Å². The van der Waals surface area contributed by atoms with E-state index in [0.717, 1.165) is 38.5 Å². The average Bonchev–Trinajstić information content (AvgIpc) is 2.77. The number of nitrogens with one attached hydrogen (secondary N) is 1. The van der Waals surface area contributed by atoms with Crippen molar-refractivity contribution >= 4 is 5.91 Å². The van der Waals surface area contributed by atoms with Gasteiger partial charge in [0.05, 0.1) is 11.0 Å². The van der Waals surface area contributed by atoms with E-state index in [0.29, 0.717) is 13.1 Å². The van der Waals surface area contributed by atoms with Gasteiger partial charge >= 0.3 is 0 Å². The Kier molecular flexibility index (Phi) is 4.95. The lowest BCUT2D eigenvalue weighted by Crippen LogP contribution is -2.49. The van der Waals surface area contributed by atoms with Crippen LogP contribution >= 0.6 is 0 Å². The Morgan fingerprint density at radius 2 is 1.88 bits per heavy atom. The smallest absolute Gasteiger partial charge is 0.227 e. The Balaban J connectivity index is 2.53. The van der Waals surface area contributed by atoms with Crippen LogP contribution in [0.4, 0.5) is 0 Å². The quantitative estimate of drug-likeness (QED) is 0.654. The Morgan fingerprint density at radius 3 is 2.29 bits per heavy atom. The fraction of sp³-hybridized carbons (Fsp3) is 0.923. The second-order valence-corrected chi connectivity index (χ2v) is 5.31. The summed E-state index contributed by atoms with van der Waals surface area (Å²) < 4.78 is 0. The lowest BCUT2D eigenvalue weighted by Gasteiger charge is -2.31. The Labute approximate surface area is 104 Å². The number of nitrogens with two attached hydrogens (primary N) is 1. The van der Waals surface area contributed by atoms with Gasteiger partial charge in [-0.1, -0.05) is 26.7 Å². The van der Waals surface area contributed by atoms with Crippen molar-refractivity contribution in [1.82, 2.24) is 5.32 Å². The predicted octanol–water partition coefficient (Wildman–Crippen LogP) is 1.17. The molecule has 0 saturated heterocycles. The zero-order valence-electron chi connectivity index (χ0n) is 11.1. The highest BCUT2D eigenvalue weighted by atomic mass is 16.3. The van der Waals surface area contributed by atoms with E-state index in [-0.39, 0.29) is 5.91 Å². The molecule has 0 heterocycles. The summed E-state index contributed by atoms with van der Waals surface area (Å²) in [6.45, 7) is 4.71. The van der Waals surface area contributed by atoms with Gasteiger partial charge in [0.15, 0.2) is 0 Å². The molecule has 4 nitrogen and oxygen atoms in total. The van der Waals surface area contributed by atoms with E-state index >= 15 is 0 Å². The summed E-state index contributed by atoms with van der Waals surface area (Å²) in [7, 11) is 0. The average molecular weight is 242 g/mol. The summed E-state index contributed by atoms with van der Waals surface area (Å²) in [5, 5.41) is 13.1. The second kappa shape index (κ2) is 5.83. The van der Waals surface area contributed by atoms with Gasteiger partial charge in [0.1, 0.15) is 0 Å². The maximum Gasteiger partial charge on any atom is 0.227 e. The van der Waals surface area contributed by atoms with Crippen molar-refractivity contribution in [1.29, 1.82) is 0 Å². The minimum atomic E-state index is -0.683. The van der Waals surface area contributed by atoms with Crippen LogP contribution in [0.25, 0.3) is 0 Å². The fourth-order valence-electron chi connectivity index (χ4n) is 2.59. The molecule has 0 bridgehead atoms. The Morgan fingerprint density at radius 1 is 1.35 bits per heavy atom. The molecule has 0 radical (unpaired) electrons. The molecule has 4 heteroatoms. The molecule has 0 spiro atoms. The lowest BCUT2D eigenvalue weighted by molar-refractivity contribution is -0.132. The lowest BCUT2D eigenvalue weighted by atomic mass is 9.81. The van der Waals surface area contributed by atoms with Gasteiger partial charge < -0.3 is 16.2 Å². The molecule has 0 aromatic carbocycles. The fourth-order valence-corrected chi connectivity index (χ4v) is 2.59. The molecular weight excluding hydrogens is 216 g/mol. The molecule has 1 rings (SSSR count). The van der Waals surface area contributed by atoms with Gasteiger partial charge in [0.2, 0.25) is 5.91 Å². The molecule has 0 aromatic heterocycles. The minimum absolute atomic E-state index is 0.00896. The zero-order chi connectivity index (χ0) is 12.9. The third-order valence-corrected chi connectivity index (χ3v) is 4.34. The molecule has 17 heavy (non-hydrogen) atoms. The van der Waals surface area contributed by atoms with Gasteiger partial charge in [0.25, 0.3) is 0 Å². The Hall–Kier alpha value is -0.610. The largest absolute Gasteiger partial charge is 0.388 e. The molecule has 0 unspecified atom stereocenters. The van der Waals surface area contributed by atoms with Crippen LogP contribution in [0.1, 0.15) is 52.4 Å². The van der Waals surface area contributed by atoms with Crippen molar-refractivity contribution in [2.45, 2.75) is 58.0 Å². The first-order valence-corrected chi connectivity index (χ1v) is 6.73. The summed E-state index contributed by atoms with van der Waals surface area (Å²) in [5.41, 5.74) is 4.58. The SMILES string of the molecule is CCC(CC)(CN)C(=O)NCC1(O)CCCC1. The number of rotatable bonds is 6. The molecule has 0 aromatic rings. The van der Waals surface area contributed by atoms with E-state index in [1.807, 2.05) is 13.8 Å². The van der Waals surface area contributed by atoms with Crippen LogP contribution in [0.15, 0.2) is 0 Å². The van der Waals surface area contributed by atoms with Crippen molar-refractivity contribution in [3.8, 4) is 0 Å². The molecule has 0 aliphatic heterocycles. The van der Waals surface area contributed by atoms with Crippen LogP contribution in [-0.4, -0.2) is 29.7 Å². The molecule has 4 N–H and O–H groups in total. The van der Waals surface area contributed by atoms with Crippen LogP contribution in [0.3, 0.4) is 0 Å². The summed E-state index contributed by atoms with van der Waals surface area (Å²) in [6.07, 6.45) is 5.17. The topological polar surface area (TPSA) is 75.4 Å². The van der Waals surface area contributed by atoms with Crippen LogP contribution in [0, 0.1) is 5.41 Å². The summed E-state index contributed by atoms with van der Waals surface area (Å²) in [4.78, 5) is 12.2. The van der Waals surface area contributed by atoms with E-state index in [1.165, 1.54) is 0 Å². The maximum atomic E-state index is 12.2. The Bertz CT molecular complexity index is 248. The van der Waals surface area contributed by atoms with Crippen molar-refractivity contribution in [3.63, 3.8) is 0 Å². The zero-order valence-corrected chi connectivity index (χ0v) is 11.1. The molecule has 1 aliphatic carbocycles. The van der Waals surface area contributed by atoms with Crippen LogP contribution in [-0.2, 0) is 4.79 Å². The van der Waals surface area contributed by atoms with Crippen LogP contribution in [0.5, 0.6) is 0 Å². The van der Waals surface area contributed by atoms with Crippen LogP contribution in [0.2, 0.25) is 0 Å². The van der Waals surface area contributed by atoms with E-state index in [9.17, 15) is 9.90 Å². The molecule has 1 saturated carbocycles. The number of carbonyl (C=O) groups is 1. The summed E-state index contributed by atoms with van der Waals surface area (Å²) in [5.74, 6) is -0.00896. The van der Waals surface area contributed by atoms with Crippen molar-refractivity contribution in [3.05, 3.63) is 0 Å². The van der Waals surface area contributed by atoms with Crippen LogP contribution < -0.4 is 11.1 Å². The van der Waals surface area contributed by atoms with Gasteiger partial charge in [-0.25, -0.2) is 0 Å². The number of aliphatic hydroxyl groups is 1. The third-order valence-electron chi connectivity index (χ3n) is 4.34. The van der Waals surface area contributed by atoms with Gasteiger partial charge in [-0.05, 0) is 25.7 Å². The number of carbonyl (C=O) groups excluding carboxylic acids is 1.